The van der Waals surface area contributed by atoms with Crippen molar-refractivity contribution in [1.82, 2.24) is 4.90 Å². The molecule has 0 aliphatic carbocycles. The molecule has 3 rings (SSSR count). The number of aliphatic imine (C=N–C) groups is 1. The van der Waals surface area contributed by atoms with Gasteiger partial charge in [0.05, 0.1) is 6.54 Å². The zero-order valence-electron chi connectivity index (χ0n) is 16.2. The van der Waals surface area contributed by atoms with Crippen LogP contribution in [0.15, 0.2) is 47.5 Å². The third kappa shape index (κ3) is 5.16. The average Bonchev–Trinajstić information content (AvgIpc) is 2.60. The monoisotopic (exact) mass is 385 g/mol. The van der Waals surface area contributed by atoms with E-state index in [1.807, 2.05) is 37.3 Å². The van der Waals surface area contributed by atoms with Crippen LogP contribution in [0.5, 0.6) is 5.75 Å². The molecule has 1 fully saturated rings. The topological polar surface area (TPSA) is 47.9 Å². The van der Waals surface area contributed by atoms with Crippen LogP contribution in [-0.4, -0.2) is 29.1 Å². The minimum absolute atomic E-state index is 0.271. The maximum atomic E-state index is 9.69. The molecule has 2 aromatic rings. The number of benzene rings is 2. The number of aryl methyl sites for hydroxylation is 1. The van der Waals surface area contributed by atoms with Gasteiger partial charge < -0.3 is 15.3 Å². The van der Waals surface area contributed by atoms with Crippen LogP contribution in [-0.2, 0) is 6.54 Å². The maximum absolute atomic E-state index is 9.69. The molecule has 0 amide bonds. The minimum atomic E-state index is 0.271. The van der Waals surface area contributed by atoms with E-state index in [1.54, 1.807) is 12.1 Å². The minimum Gasteiger partial charge on any atom is -0.508 e. The summed E-state index contributed by atoms with van der Waals surface area (Å²) in [6.07, 6.45) is 1.24. The lowest BCUT2D eigenvalue weighted by atomic mass is 9.92. The summed E-state index contributed by atoms with van der Waals surface area (Å²) in [4.78, 5) is 7.23. The Morgan fingerprint density at radius 2 is 1.89 bits per heavy atom. The fraction of sp³-hybridized carbons (Fsp3) is 0.409. The number of nitrogens with zero attached hydrogens (tertiary/aromatic N) is 2. The molecule has 144 valence electrons. The summed E-state index contributed by atoms with van der Waals surface area (Å²) in [5.41, 5.74) is 2.95. The lowest BCUT2D eigenvalue weighted by Gasteiger charge is -2.37. The van der Waals surface area contributed by atoms with Gasteiger partial charge in [-0.15, -0.1) is 0 Å². The number of phenols is 1. The predicted octanol–water partition coefficient (Wildman–Crippen LogP) is 5.30. The Balaban J connectivity index is 1.88. The van der Waals surface area contributed by atoms with Crippen LogP contribution in [0.25, 0.3) is 0 Å². The van der Waals surface area contributed by atoms with Crippen LogP contribution in [0.4, 0.5) is 5.69 Å². The van der Waals surface area contributed by atoms with Crippen molar-refractivity contribution in [2.24, 2.45) is 16.8 Å². The molecule has 2 atom stereocenters. The second-order valence-electron chi connectivity index (χ2n) is 7.71. The second kappa shape index (κ2) is 8.66. The van der Waals surface area contributed by atoms with Crippen molar-refractivity contribution in [3.05, 3.63) is 58.6 Å². The van der Waals surface area contributed by atoms with E-state index in [-0.39, 0.29) is 5.75 Å². The van der Waals surface area contributed by atoms with Crippen LogP contribution in [0.1, 0.15) is 31.4 Å². The lowest BCUT2D eigenvalue weighted by Crippen LogP contribution is -2.45. The van der Waals surface area contributed by atoms with Gasteiger partial charge in [0.15, 0.2) is 5.96 Å². The fourth-order valence-electron chi connectivity index (χ4n) is 3.75. The molecule has 1 heterocycles. The van der Waals surface area contributed by atoms with E-state index < -0.39 is 0 Å². The summed E-state index contributed by atoms with van der Waals surface area (Å²) in [5, 5.41) is 13.9. The van der Waals surface area contributed by atoms with Crippen molar-refractivity contribution in [3.8, 4) is 5.75 Å². The van der Waals surface area contributed by atoms with Gasteiger partial charge in [0, 0.05) is 23.8 Å². The SMILES string of the molecule is Cc1cc(O)ccc1NC(=NCc1ccccc1Cl)N1CC(C)CC(C)C1. The molecule has 1 aliphatic rings. The Bertz CT molecular complexity index is 811. The molecular weight excluding hydrogens is 358 g/mol. The molecule has 2 aromatic carbocycles. The van der Waals surface area contributed by atoms with Crippen molar-refractivity contribution in [2.75, 3.05) is 18.4 Å². The number of guanidine groups is 1. The highest BCUT2D eigenvalue weighted by atomic mass is 35.5. The van der Waals surface area contributed by atoms with E-state index in [4.69, 9.17) is 16.6 Å². The van der Waals surface area contributed by atoms with Crippen molar-refractivity contribution < 1.29 is 5.11 Å². The predicted molar refractivity (Wildman–Crippen MR) is 114 cm³/mol. The van der Waals surface area contributed by atoms with E-state index in [0.717, 1.165) is 40.9 Å². The number of aromatic hydroxyl groups is 1. The van der Waals surface area contributed by atoms with E-state index in [0.29, 0.717) is 18.4 Å². The summed E-state index contributed by atoms with van der Waals surface area (Å²) >= 11 is 6.31. The Kier molecular flexibility index (Phi) is 6.27. The van der Waals surface area contributed by atoms with Crippen LogP contribution < -0.4 is 5.32 Å². The number of likely N-dealkylation sites (tertiary alicyclic amines) is 1. The number of phenolic OH excluding ortho intramolecular Hbond substituents is 1. The number of halogens is 1. The fourth-order valence-corrected chi connectivity index (χ4v) is 3.95. The van der Waals surface area contributed by atoms with Gasteiger partial charge in [-0.3, -0.25) is 0 Å². The molecular formula is C22H28ClN3O. The van der Waals surface area contributed by atoms with E-state index in [1.165, 1.54) is 6.42 Å². The van der Waals surface area contributed by atoms with Crippen LogP contribution in [0, 0.1) is 18.8 Å². The molecule has 0 radical (unpaired) electrons. The molecule has 5 heteroatoms. The Morgan fingerprint density at radius 3 is 2.56 bits per heavy atom. The van der Waals surface area contributed by atoms with Gasteiger partial charge in [-0.05, 0) is 60.6 Å². The van der Waals surface area contributed by atoms with Crippen LogP contribution in [0.3, 0.4) is 0 Å². The van der Waals surface area contributed by atoms with Gasteiger partial charge in [0.25, 0.3) is 0 Å². The number of hydrogen-bond donors (Lipinski definition) is 2. The second-order valence-corrected chi connectivity index (χ2v) is 8.11. The highest BCUT2D eigenvalue weighted by Crippen LogP contribution is 2.25. The van der Waals surface area contributed by atoms with Gasteiger partial charge in [0.2, 0.25) is 0 Å². The van der Waals surface area contributed by atoms with E-state index in [2.05, 4.69) is 24.1 Å². The highest BCUT2D eigenvalue weighted by molar-refractivity contribution is 6.31. The molecule has 4 nitrogen and oxygen atoms in total. The molecule has 0 saturated carbocycles. The third-order valence-electron chi connectivity index (χ3n) is 4.98. The summed E-state index contributed by atoms with van der Waals surface area (Å²) in [6, 6.07) is 13.2. The maximum Gasteiger partial charge on any atom is 0.198 e. The first-order valence-corrected chi connectivity index (χ1v) is 9.89. The Hall–Kier alpha value is -2.20. The largest absolute Gasteiger partial charge is 0.508 e. The van der Waals surface area contributed by atoms with E-state index in [9.17, 15) is 5.11 Å². The van der Waals surface area contributed by atoms with Gasteiger partial charge in [-0.25, -0.2) is 4.99 Å². The van der Waals surface area contributed by atoms with Crippen molar-refractivity contribution >= 4 is 23.2 Å². The average molecular weight is 386 g/mol. The summed E-state index contributed by atoms with van der Waals surface area (Å²) in [5.74, 6) is 2.39. The Labute approximate surface area is 166 Å². The summed E-state index contributed by atoms with van der Waals surface area (Å²) < 4.78 is 0. The number of hydrogen-bond acceptors (Lipinski definition) is 2. The summed E-state index contributed by atoms with van der Waals surface area (Å²) in [6.45, 7) is 9.06. The third-order valence-corrected chi connectivity index (χ3v) is 5.35. The molecule has 1 aliphatic heterocycles. The summed E-state index contributed by atoms with van der Waals surface area (Å²) in [7, 11) is 0. The number of anilines is 1. The first-order valence-electron chi connectivity index (χ1n) is 9.52. The van der Waals surface area contributed by atoms with Crippen molar-refractivity contribution in [3.63, 3.8) is 0 Å². The zero-order valence-corrected chi connectivity index (χ0v) is 17.0. The van der Waals surface area contributed by atoms with Crippen LogP contribution >= 0.6 is 11.6 Å². The molecule has 0 aromatic heterocycles. The number of piperidine rings is 1. The molecule has 0 bridgehead atoms. The van der Waals surface area contributed by atoms with Gasteiger partial charge in [-0.1, -0.05) is 43.6 Å². The molecule has 2 unspecified atom stereocenters. The smallest absolute Gasteiger partial charge is 0.198 e. The molecule has 27 heavy (non-hydrogen) atoms. The normalized spacial score (nSPS) is 20.6. The molecule has 2 N–H and O–H groups in total. The highest BCUT2D eigenvalue weighted by Gasteiger charge is 2.24. The van der Waals surface area contributed by atoms with Gasteiger partial charge in [0.1, 0.15) is 5.75 Å². The van der Waals surface area contributed by atoms with Crippen LogP contribution in [0.2, 0.25) is 5.02 Å². The molecule has 1 saturated heterocycles. The number of rotatable bonds is 3. The standard InChI is InChI=1S/C22H28ClN3O/c1-15-10-16(2)14-26(13-15)22(24-12-18-6-4-5-7-20(18)23)25-21-9-8-19(27)11-17(21)3/h4-9,11,15-16,27H,10,12-14H2,1-3H3,(H,24,25). The van der Waals surface area contributed by atoms with Gasteiger partial charge in [-0.2, -0.15) is 0 Å². The first-order chi connectivity index (χ1) is 12.9. The van der Waals surface area contributed by atoms with E-state index >= 15 is 0 Å². The van der Waals surface area contributed by atoms with Gasteiger partial charge >= 0.3 is 0 Å². The number of nitrogens with one attached hydrogen (secondary N) is 1. The zero-order chi connectivity index (χ0) is 19.4. The lowest BCUT2D eigenvalue weighted by molar-refractivity contribution is 0.213. The first kappa shape index (κ1) is 19.6. The quantitative estimate of drug-likeness (QED) is 0.428. The van der Waals surface area contributed by atoms with Crippen molar-refractivity contribution in [2.45, 2.75) is 33.7 Å². The Morgan fingerprint density at radius 1 is 1.19 bits per heavy atom. The van der Waals surface area contributed by atoms with Crippen molar-refractivity contribution in [1.29, 1.82) is 0 Å². The molecule has 0 spiro atoms.